The van der Waals surface area contributed by atoms with Gasteiger partial charge in [0.1, 0.15) is 14.4 Å². The molecule has 0 aliphatic heterocycles. The van der Waals surface area contributed by atoms with E-state index < -0.39 is 60.7 Å². The Hall–Kier alpha value is -2.81. The lowest BCUT2D eigenvalue weighted by Gasteiger charge is -2.23. The van der Waals surface area contributed by atoms with Gasteiger partial charge in [-0.25, -0.2) is 26.3 Å². The molecule has 0 bridgehead atoms. The van der Waals surface area contributed by atoms with E-state index in [1.165, 1.54) is 0 Å². The highest BCUT2D eigenvalue weighted by Crippen LogP contribution is 2.37. The van der Waals surface area contributed by atoms with Crippen molar-refractivity contribution in [2.75, 3.05) is 0 Å². The van der Waals surface area contributed by atoms with Crippen LogP contribution in [0.1, 0.15) is 66.9 Å². The molecule has 0 aromatic heterocycles. The fourth-order valence-corrected chi connectivity index (χ4v) is 7.58. The lowest BCUT2D eigenvalue weighted by atomic mass is 9.97. The topological polar surface area (TPSA) is 29.1 Å². The Labute approximate surface area is 202 Å². The van der Waals surface area contributed by atoms with E-state index >= 15 is 4.39 Å². The van der Waals surface area contributed by atoms with Crippen molar-refractivity contribution in [3.63, 3.8) is 0 Å². The summed E-state index contributed by atoms with van der Waals surface area (Å²) < 4.78 is 85.7. The molecule has 3 rings (SSSR count). The number of hydrogen-bond donors (Lipinski definition) is 1. The monoisotopic (exact) mass is 511 g/mol. The second kappa shape index (κ2) is 11.7. The Balaban J connectivity index is 2.10. The highest BCUT2D eigenvalue weighted by molar-refractivity contribution is 6.66. The van der Waals surface area contributed by atoms with Gasteiger partial charge in [0.05, 0.1) is 11.1 Å². The predicted molar refractivity (Wildman–Crippen MR) is 127 cm³/mol. The van der Waals surface area contributed by atoms with Gasteiger partial charge < -0.3 is 5.32 Å². The summed E-state index contributed by atoms with van der Waals surface area (Å²) in [4.78, 5) is 12.9. The lowest BCUT2D eigenvalue weighted by Crippen LogP contribution is -2.32. The van der Waals surface area contributed by atoms with Gasteiger partial charge in [-0.05, 0) is 11.1 Å². The molecular weight excluding hydrogens is 484 g/mol. The van der Waals surface area contributed by atoms with Gasteiger partial charge in [0.2, 0.25) is 5.82 Å². The molecular formula is C26H27F6NOSi. The van der Waals surface area contributed by atoms with E-state index in [1.807, 2.05) is 13.8 Å². The lowest BCUT2D eigenvalue weighted by molar-refractivity contribution is 0.0951. The van der Waals surface area contributed by atoms with Crippen molar-refractivity contribution in [1.82, 2.24) is 5.32 Å². The van der Waals surface area contributed by atoms with Gasteiger partial charge in [-0.3, -0.25) is 4.79 Å². The fourth-order valence-electron chi connectivity index (χ4n) is 4.30. The number of fused-ring (bicyclic) bond motifs is 1. The average molecular weight is 512 g/mol. The normalized spacial score (nSPS) is 15.4. The summed E-state index contributed by atoms with van der Waals surface area (Å²) in [5.41, 5.74) is -0.885. The third-order valence-corrected chi connectivity index (χ3v) is 9.46. The molecule has 35 heavy (non-hydrogen) atoms. The molecule has 0 spiro atoms. The Morgan fingerprint density at radius 3 is 2.00 bits per heavy atom. The van der Waals surface area contributed by atoms with Gasteiger partial charge in [0.15, 0.2) is 23.3 Å². The molecule has 0 fully saturated rings. The van der Waals surface area contributed by atoms with Gasteiger partial charge in [-0.1, -0.05) is 88.0 Å². The van der Waals surface area contributed by atoms with Crippen LogP contribution in [0.4, 0.5) is 26.3 Å². The number of carbonyl (C=O) groups excluding carboxylic acids is 1. The summed E-state index contributed by atoms with van der Waals surface area (Å²) in [7, 11) is -2.23. The standard InChI is InChI=1S/C26H27F6NOSi/c1-3-5-13-35(14-6-4-2)25(32)24(17-12-11-15-9-7-8-10-16(15)17)33-26(34)18-19(27)21(29)23(31)22(30)20(18)28/h7-12,17,35H,3-6,13-14H2,1-2H3,(H,33,34). The maximum atomic E-state index is 16.1. The van der Waals surface area contributed by atoms with Crippen LogP contribution in [-0.2, 0) is 0 Å². The highest BCUT2D eigenvalue weighted by atomic mass is 28.3. The summed E-state index contributed by atoms with van der Waals surface area (Å²) in [5, 5.41) is 2.22. The van der Waals surface area contributed by atoms with Crippen LogP contribution in [0.15, 0.2) is 41.5 Å². The smallest absolute Gasteiger partial charge is 0.261 e. The van der Waals surface area contributed by atoms with E-state index in [4.69, 9.17) is 0 Å². The molecule has 2 aromatic rings. The van der Waals surface area contributed by atoms with E-state index in [9.17, 15) is 26.7 Å². The zero-order valence-corrected chi connectivity index (χ0v) is 20.7. The van der Waals surface area contributed by atoms with Crippen LogP contribution in [-0.4, -0.2) is 14.7 Å². The number of allylic oxidation sites excluding steroid dienone is 1. The van der Waals surface area contributed by atoms with E-state index in [2.05, 4.69) is 5.32 Å². The van der Waals surface area contributed by atoms with Crippen LogP contribution in [0, 0.1) is 29.1 Å². The summed E-state index contributed by atoms with van der Waals surface area (Å²) >= 11 is 0. The molecule has 0 saturated carbocycles. The average Bonchev–Trinajstić information content (AvgIpc) is 3.28. The molecule has 2 aromatic carbocycles. The molecule has 0 radical (unpaired) electrons. The van der Waals surface area contributed by atoms with E-state index in [0.717, 1.165) is 31.2 Å². The van der Waals surface area contributed by atoms with Gasteiger partial charge in [0.25, 0.3) is 5.91 Å². The minimum atomic E-state index is -2.36. The molecule has 1 aliphatic rings. The van der Waals surface area contributed by atoms with Crippen LogP contribution in [0.3, 0.4) is 0 Å². The molecule has 9 heteroatoms. The first-order valence-electron chi connectivity index (χ1n) is 11.7. The number of carbonyl (C=O) groups is 1. The number of amides is 1. The first-order chi connectivity index (χ1) is 16.7. The second-order valence-electron chi connectivity index (χ2n) is 8.61. The molecule has 0 saturated heterocycles. The maximum Gasteiger partial charge on any atom is 0.261 e. The number of benzene rings is 2. The van der Waals surface area contributed by atoms with Gasteiger partial charge in [0, 0.05) is 5.92 Å². The predicted octanol–water partition coefficient (Wildman–Crippen LogP) is 7.47. The van der Waals surface area contributed by atoms with Crippen LogP contribution < -0.4 is 5.32 Å². The fraction of sp³-hybridized carbons (Fsp3) is 0.346. The van der Waals surface area contributed by atoms with Gasteiger partial charge in [-0.2, -0.15) is 0 Å². The first-order valence-corrected chi connectivity index (χ1v) is 13.9. The minimum Gasteiger partial charge on any atom is -0.323 e. The number of hydrogen-bond acceptors (Lipinski definition) is 1. The highest BCUT2D eigenvalue weighted by Gasteiger charge is 2.33. The van der Waals surface area contributed by atoms with E-state index in [1.54, 1.807) is 36.4 Å². The van der Waals surface area contributed by atoms with E-state index in [-0.39, 0.29) is 5.70 Å². The second-order valence-corrected chi connectivity index (χ2v) is 11.7. The number of unbranched alkanes of at least 4 members (excludes halogenated alkanes) is 2. The third-order valence-electron chi connectivity index (χ3n) is 6.22. The van der Waals surface area contributed by atoms with Gasteiger partial charge in [-0.15, -0.1) is 0 Å². The molecule has 188 valence electrons. The van der Waals surface area contributed by atoms with Crippen molar-refractivity contribution in [2.45, 2.75) is 57.5 Å². The van der Waals surface area contributed by atoms with Crippen molar-refractivity contribution < 1.29 is 31.1 Å². The van der Waals surface area contributed by atoms with Crippen molar-refractivity contribution in [3.05, 3.63) is 87.3 Å². The van der Waals surface area contributed by atoms with E-state index in [0.29, 0.717) is 17.7 Å². The Bertz CT molecular complexity index is 1130. The molecule has 1 unspecified atom stereocenters. The Morgan fingerprint density at radius 2 is 1.43 bits per heavy atom. The minimum absolute atomic E-state index is 0.191. The number of rotatable bonds is 10. The Morgan fingerprint density at radius 1 is 0.886 bits per heavy atom. The summed E-state index contributed by atoms with van der Waals surface area (Å²) in [6.07, 6.45) is 6.66. The maximum absolute atomic E-state index is 16.1. The van der Waals surface area contributed by atoms with Crippen LogP contribution in [0.5, 0.6) is 0 Å². The SMILES string of the molecule is CCCC[SiH](CCCC)C(F)=C(NC(=O)c1c(F)c(F)c(F)c(F)c1F)C1C=Cc2ccccc21. The first kappa shape index (κ1) is 26.8. The molecule has 2 nitrogen and oxygen atoms in total. The molecule has 1 atom stereocenters. The summed E-state index contributed by atoms with van der Waals surface area (Å²) in [6, 6.07) is 8.33. The largest absolute Gasteiger partial charge is 0.323 e. The zero-order valence-electron chi connectivity index (χ0n) is 19.5. The van der Waals surface area contributed by atoms with Crippen LogP contribution in [0.25, 0.3) is 6.08 Å². The van der Waals surface area contributed by atoms with Crippen molar-refractivity contribution in [1.29, 1.82) is 0 Å². The van der Waals surface area contributed by atoms with Crippen molar-refractivity contribution in [3.8, 4) is 0 Å². The number of nitrogens with one attached hydrogen (secondary N) is 1. The molecule has 1 aliphatic carbocycles. The molecule has 0 heterocycles. The number of halogens is 6. The molecule has 1 N–H and O–H groups in total. The third kappa shape index (κ3) is 5.55. The zero-order chi connectivity index (χ0) is 25.7. The van der Waals surface area contributed by atoms with Crippen molar-refractivity contribution >= 4 is 20.8 Å². The molecule has 1 amide bonds. The Kier molecular flexibility index (Phi) is 8.99. The summed E-state index contributed by atoms with van der Waals surface area (Å²) in [5.74, 6) is -13.7. The van der Waals surface area contributed by atoms with Crippen LogP contribution in [0.2, 0.25) is 12.1 Å². The van der Waals surface area contributed by atoms with Crippen LogP contribution >= 0.6 is 0 Å². The van der Waals surface area contributed by atoms with Crippen molar-refractivity contribution in [2.24, 2.45) is 0 Å². The quantitative estimate of drug-likeness (QED) is 0.152. The van der Waals surface area contributed by atoms with Gasteiger partial charge >= 0.3 is 0 Å². The summed E-state index contributed by atoms with van der Waals surface area (Å²) in [6.45, 7) is 3.96.